The zero-order chi connectivity index (χ0) is 11.5. The van der Waals surface area contributed by atoms with Gasteiger partial charge in [0.1, 0.15) is 5.03 Å². The molecule has 0 saturated heterocycles. The summed E-state index contributed by atoms with van der Waals surface area (Å²) in [6, 6.07) is 0.898. The molecule has 15 heavy (non-hydrogen) atoms. The number of nitrogens with two attached hydrogens (primary N) is 1. The Hall–Kier alpha value is -1.02. The van der Waals surface area contributed by atoms with Crippen molar-refractivity contribution >= 4 is 17.7 Å². The van der Waals surface area contributed by atoms with Crippen molar-refractivity contribution in [3.05, 3.63) is 11.8 Å². The molecule has 1 aromatic heterocycles. The third-order valence-electron chi connectivity index (χ3n) is 1.41. The van der Waals surface area contributed by atoms with Gasteiger partial charge in [0.2, 0.25) is 5.95 Å². The molecule has 0 amide bonds. The summed E-state index contributed by atoms with van der Waals surface area (Å²) >= 11 is 1.19. The van der Waals surface area contributed by atoms with Gasteiger partial charge in [-0.3, -0.25) is 5.43 Å². The van der Waals surface area contributed by atoms with Crippen LogP contribution in [-0.4, -0.2) is 15.7 Å². The van der Waals surface area contributed by atoms with Crippen LogP contribution in [0, 0.1) is 0 Å². The summed E-state index contributed by atoms with van der Waals surface area (Å²) in [6.45, 7) is 1.82. The smallest absolute Gasteiger partial charge is 0.292 e. The molecule has 1 aromatic rings. The Kier molecular flexibility index (Phi) is 3.75. The third-order valence-corrected chi connectivity index (χ3v) is 2.21. The molecule has 0 saturated carbocycles. The molecule has 0 fully saturated rings. The van der Waals surface area contributed by atoms with E-state index in [1.807, 2.05) is 12.3 Å². The lowest BCUT2D eigenvalue weighted by Gasteiger charge is -2.08. The molecule has 84 valence electrons. The van der Waals surface area contributed by atoms with E-state index in [2.05, 4.69) is 9.97 Å². The monoisotopic (exact) mass is 238 g/mol. The van der Waals surface area contributed by atoms with Gasteiger partial charge >= 0.3 is 6.18 Å². The van der Waals surface area contributed by atoms with Crippen LogP contribution in [0.5, 0.6) is 0 Å². The quantitative estimate of drug-likeness (QED) is 0.364. The van der Waals surface area contributed by atoms with Crippen LogP contribution in [0.1, 0.15) is 12.6 Å². The lowest BCUT2D eigenvalue weighted by molar-refractivity contribution is -0.141. The normalized spacial score (nSPS) is 11.5. The van der Waals surface area contributed by atoms with Crippen LogP contribution in [0.25, 0.3) is 0 Å². The van der Waals surface area contributed by atoms with Crippen molar-refractivity contribution in [2.75, 3.05) is 11.2 Å². The van der Waals surface area contributed by atoms with Crippen LogP contribution in [-0.2, 0) is 6.18 Å². The van der Waals surface area contributed by atoms with Crippen LogP contribution in [0.4, 0.5) is 19.1 Å². The Labute approximate surface area is 88.4 Å². The molecule has 1 rings (SSSR count). The van der Waals surface area contributed by atoms with Crippen molar-refractivity contribution in [3.8, 4) is 0 Å². The second kappa shape index (κ2) is 4.67. The van der Waals surface area contributed by atoms with Crippen molar-refractivity contribution < 1.29 is 13.2 Å². The average molecular weight is 238 g/mol. The number of aromatic nitrogens is 2. The molecule has 0 unspecified atom stereocenters. The van der Waals surface area contributed by atoms with Gasteiger partial charge in [0.15, 0.2) is 5.69 Å². The van der Waals surface area contributed by atoms with E-state index >= 15 is 0 Å². The van der Waals surface area contributed by atoms with Gasteiger partial charge in [-0.1, -0.05) is 6.92 Å². The van der Waals surface area contributed by atoms with Crippen molar-refractivity contribution in [2.24, 2.45) is 5.84 Å². The van der Waals surface area contributed by atoms with Crippen LogP contribution in [0.2, 0.25) is 0 Å². The van der Waals surface area contributed by atoms with Crippen LogP contribution < -0.4 is 11.3 Å². The molecule has 0 radical (unpaired) electrons. The number of halogens is 3. The fourth-order valence-electron chi connectivity index (χ4n) is 0.857. The number of thioether (sulfide) groups is 1. The SMILES string of the molecule is CCSc1cc(C(F)(F)F)nc(NN)n1. The predicted octanol–water partition coefficient (Wildman–Crippen LogP) is 1.89. The van der Waals surface area contributed by atoms with Gasteiger partial charge in [-0.05, 0) is 5.75 Å². The minimum atomic E-state index is -4.49. The summed E-state index contributed by atoms with van der Waals surface area (Å²) in [4.78, 5) is 6.99. The molecular weight excluding hydrogens is 229 g/mol. The molecule has 0 bridgehead atoms. The van der Waals surface area contributed by atoms with Gasteiger partial charge in [-0.15, -0.1) is 11.8 Å². The van der Waals surface area contributed by atoms with Crippen LogP contribution >= 0.6 is 11.8 Å². The first-order valence-electron chi connectivity index (χ1n) is 4.03. The lowest BCUT2D eigenvalue weighted by Crippen LogP contribution is -2.15. The van der Waals surface area contributed by atoms with Crippen molar-refractivity contribution in [1.29, 1.82) is 0 Å². The number of hydrogen-bond donors (Lipinski definition) is 2. The molecule has 8 heteroatoms. The van der Waals surface area contributed by atoms with E-state index in [0.717, 1.165) is 6.07 Å². The molecular formula is C7H9F3N4S. The van der Waals surface area contributed by atoms with E-state index in [1.54, 1.807) is 0 Å². The number of hydrogen-bond acceptors (Lipinski definition) is 5. The Morgan fingerprint density at radius 2 is 2.13 bits per heavy atom. The van der Waals surface area contributed by atoms with E-state index in [0.29, 0.717) is 5.75 Å². The van der Waals surface area contributed by atoms with Gasteiger partial charge in [0.25, 0.3) is 0 Å². The largest absolute Gasteiger partial charge is 0.433 e. The molecule has 0 aliphatic heterocycles. The highest BCUT2D eigenvalue weighted by Crippen LogP contribution is 2.30. The Morgan fingerprint density at radius 3 is 2.60 bits per heavy atom. The summed E-state index contributed by atoms with van der Waals surface area (Å²) < 4.78 is 37.1. The zero-order valence-electron chi connectivity index (χ0n) is 7.80. The van der Waals surface area contributed by atoms with Crippen molar-refractivity contribution in [2.45, 2.75) is 18.1 Å². The summed E-state index contributed by atoms with van der Waals surface area (Å²) in [5.41, 5.74) is 1.00. The Balaban J connectivity index is 3.11. The highest BCUT2D eigenvalue weighted by molar-refractivity contribution is 7.99. The molecule has 0 aliphatic rings. The molecule has 0 atom stereocenters. The average Bonchev–Trinajstić information content (AvgIpc) is 2.16. The number of nitrogens with zero attached hydrogens (tertiary/aromatic N) is 2. The third kappa shape index (κ3) is 3.24. The summed E-state index contributed by atoms with van der Waals surface area (Å²) in [5.74, 6) is 5.36. The predicted molar refractivity (Wildman–Crippen MR) is 51.2 cm³/mol. The summed E-state index contributed by atoms with van der Waals surface area (Å²) in [5, 5.41) is 0.243. The first kappa shape index (κ1) is 12.1. The van der Waals surface area contributed by atoms with Crippen LogP contribution in [0.15, 0.2) is 11.1 Å². The van der Waals surface area contributed by atoms with Crippen molar-refractivity contribution in [3.63, 3.8) is 0 Å². The van der Waals surface area contributed by atoms with Gasteiger partial charge < -0.3 is 0 Å². The number of nitrogen functional groups attached to an aromatic ring is 1. The number of nitrogens with one attached hydrogen (secondary N) is 1. The second-order valence-corrected chi connectivity index (χ2v) is 3.77. The molecule has 1 heterocycles. The molecule has 4 nitrogen and oxygen atoms in total. The van der Waals surface area contributed by atoms with Gasteiger partial charge in [0.05, 0.1) is 0 Å². The number of anilines is 1. The zero-order valence-corrected chi connectivity index (χ0v) is 8.61. The maximum Gasteiger partial charge on any atom is 0.433 e. The minimum absolute atomic E-state index is 0.235. The van der Waals surface area contributed by atoms with E-state index < -0.39 is 11.9 Å². The summed E-state index contributed by atoms with van der Waals surface area (Å²) in [6.07, 6.45) is -4.49. The molecule has 0 spiro atoms. The van der Waals surface area contributed by atoms with Crippen molar-refractivity contribution in [1.82, 2.24) is 9.97 Å². The van der Waals surface area contributed by atoms with E-state index in [-0.39, 0.29) is 11.0 Å². The maximum atomic E-state index is 12.4. The fraction of sp³-hybridized carbons (Fsp3) is 0.429. The lowest BCUT2D eigenvalue weighted by atomic mass is 10.4. The Bertz CT molecular complexity index is 341. The first-order valence-corrected chi connectivity index (χ1v) is 5.01. The molecule has 0 aliphatic carbocycles. The van der Waals surface area contributed by atoms with Gasteiger partial charge in [-0.2, -0.15) is 13.2 Å². The Morgan fingerprint density at radius 1 is 1.47 bits per heavy atom. The van der Waals surface area contributed by atoms with Gasteiger partial charge in [-0.25, -0.2) is 15.8 Å². The number of hydrazine groups is 1. The minimum Gasteiger partial charge on any atom is -0.292 e. The highest BCUT2D eigenvalue weighted by atomic mass is 32.2. The van der Waals surface area contributed by atoms with E-state index in [9.17, 15) is 13.2 Å². The summed E-state index contributed by atoms with van der Waals surface area (Å²) in [7, 11) is 0. The standard InChI is InChI=1S/C7H9F3N4S/c1-2-15-5-3-4(7(8,9)10)12-6(13-5)14-11/h3H,2,11H2,1H3,(H,12,13,14). The highest BCUT2D eigenvalue weighted by Gasteiger charge is 2.33. The van der Waals surface area contributed by atoms with E-state index in [4.69, 9.17) is 5.84 Å². The molecule has 3 N–H and O–H groups in total. The van der Waals surface area contributed by atoms with Gasteiger partial charge in [0, 0.05) is 6.07 Å². The number of rotatable bonds is 3. The van der Waals surface area contributed by atoms with E-state index in [1.165, 1.54) is 11.8 Å². The van der Waals surface area contributed by atoms with Crippen LogP contribution in [0.3, 0.4) is 0 Å². The second-order valence-electron chi connectivity index (χ2n) is 2.49. The number of alkyl halides is 3. The topological polar surface area (TPSA) is 63.8 Å². The fourth-order valence-corrected chi connectivity index (χ4v) is 1.50. The maximum absolute atomic E-state index is 12.4. The first-order chi connectivity index (χ1) is 6.97. The molecule has 0 aromatic carbocycles.